The molecule has 0 aliphatic heterocycles. The second-order valence-electron chi connectivity index (χ2n) is 6.55. The molecule has 2 aromatic rings. The van der Waals surface area contributed by atoms with Crippen LogP contribution in [0.1, 0.15) is 32.3 Å². The first-order valence-corrected chi connectivity index (χ1v) is 9.40. The fourth-order valence-corrected chi connectivity index (χ4v) is 2.46. The largest absolute Gasteiger partial charge is 0.494 e. The van der Waals surface area contributed by atoms with Gasteiger partial charge >= 0.3 is 12.1 Å². The molecule has 0 saturated heterocycles. The molecule has 0 unspecified atom stereocenters. The lowest BCUT2D eigenvalue weighted by Gasteiger charge is -2.19. The van der Waals surface area contributed by atoms with E-state index in [4.69, 9.17) is 14.2 Å². The van der Waals surface area contributed by atoms with Crippen LogP contribution >= 0.6 is 0 Å². The third-order valence-corrected chi connectivity index (χ3v) is 3.79. The van der Waals surface area contributed by atoms with Gasteiger partial charge in [0.1, 0.15) is 18.4 Å². The van der Waals surface area contributed by atoms with Gasteiger partial charge in [-0.25, -0.2) is 9.59 Å². The Morgan fingerprint density at radius 2 is 1.61 bits per heavy atom. The first kappa shape index (κ1) is 21.3. The standard InChI is InChI=1S/C22H27NO5/c1-17(2)28-21(24)20(14-9-15-26-19-12-7-4-8-13-19)23-22(25)27-16-18-10-5-3-6-11-18/h3-8,10-13,17,20H,9,14-16H2,1-2H3,(H,23,25)/t20-/m1/s1. The minimum Gasteiger partial charge on any atom is -0.494 e. The van der Waals surface area contributed by atoms with Crippen molar-refractivity contribution in [1.29, 1.82) is 0 Å². The van der Waals surface area contributed by atoms with Crippen molar-refractivity contribution in [2.75, 3.05) is 6.61 Å². The molecule has 0 spiro atoms. The molecule has 1 atom stereocenters. The second-order valence-corrected chi connectivity index (χ2v) is 6.55. The summed E-state index contributed by atoms with van der Waals surface area (Å²) in [5.41, 5.74) is 0.871. The van der Waals surface area contributed by atoms with Gasteiger partial charge in [0, 0.05) is 0 Å². The van der Waals surface area contributed by atoms with Crippen molar-refractivity contribution in [3.63, 3.8) is 0 Å². The van der Waals surface area contributed by atoms with E-state index in [1.54, 1.807) is 13.8 Å². The van der Waals surface area contributed by atoms with Crippen LogP contribution in [0.15, 0.2) is 60.7 Å². The van der Waals surface area contributed by atoms with E-state index in [9.17, 15) is 9.59 Å². The van der Waals surface area contributed by atoms with Crippen molar-refractivity contribution < 1.29 is 23.8 Å². The maximum absolute atomic E-state index is 12.3. The van der Waals surface area contributed by atoms with Gasteiger partial charge in [-0.3, -0.25) is 0 Å². The van der Waals surface area contributed by atoms with Gasteiger partial charge in [-0.1, -0.05) is 48.5 Å². The maximum atomic E-state index is 12.3. The second kappa shape index (κ2) is 11.6. The van der Waals surface area contributed by atoms with E-state index < -0.39 is 18.1 Å². The van der Waals surface area contributed by atoms with Crippen molar-refractivity contribution in [2.24, 2.45) is 0 Å². The van der Waals surface area contributed by atoms with Gasteiger partial charge in [0.25, 0.3) is 0 Å². The van der Waals surface area contributed by atoms with Crippen LogP contribution in [0, 0.1) is 0 Å². The Hall–Kier alpha value is -3.02. The van der Waals surface area contributed by atoms with Crippen LogP contribution in [0.4, 0.5) is 4.79 Å². The molecular weight excluding hydrogens is 358 g/mol. The predicted molar refractivity (Wildman–Crippen MR) is 106 cm³/mol. The fourth-order valence-electron chi connectivity index (χ4n) is 2.46. The Morgan fingerprint density at radius 3 is 2.25 bits per heavy atom. The van der Waals surface area contributed by atoms with Crippen LogP contribution in [0.3, 0.4) is 0 Å². The van der Waals surface area contributed by atoms with Crippen LogP contribution < -0.4 is 10.1 Å². The molecule has 0 aliphatic carbocycles. The molecule has 150 valence electrons. The zero-order valence-corrected chi connectivity index (χ0v) is 16.3. The van der Waals surface area contributed by atoms with Gasteiger partial charge in [0.05, 0.1) is 12.7 Å². The number of para-hydroxylation sites is 1. The topological polar surface area (TPSA) is 73.9 Å². The predicted octanol–water partition coefficient (Wildman–Crippen LogP) is 4.09. The van der Waals surface area contributed by atoms with Gasteiger partial charge < -0.3 is 19.5 Å². The molecular formula is C22H27NO5. The normalized spacial score (nSPS) is 11.5. The van der Waals surface area contributed by atoms with Gasteiger partial charge in [-0.15, -0.1) is 0 Å². The molecule has 0 aliphatic rings. The number of carbonyl (C=O) groups is 2. The quantitative estimate of drug-likeness (QED) is 0.492. The molecule has 0 heterocycles. The first-order valence-electron chi connectivity index (χ1n) is 9.40. The highest BCUT2D eigenvalue weighted by Crippen LogP contribution is 2.10. The van der Waals surface area contributed by atoms with Gasteiger partial charge in [0.2, 0.25) is 0 Å². The van der Waals surface area contributed by atoms with Crippen molar-refractivity contribution in [3.8, 4) is 5.75 Å². The summed E-state index contributed by atoms with van der Waals surface area (Å²) in [7, 11) is 0. The monoisotopic (exact) mass is 385 g/mol. The van der Waals surface area contributed by atoms with Crippen molar-refractivity contribution in [1.82, 2.24) is 5.32 Å². The lowest BCUT2D eigenvalue weighted by atomic mass is 10.1. The SMILES string of the molecule is CC(C)OC(=O)[C@@H](CCCOc1ccccc1)NC(=O)OCc1ccccc1. The smallest absolute Gasteiger partial charge is 0.408 e. The number of rotatable bonds is 10. The summed E-state index contributed by atoms with van der Waals surface area (Å²) in [5, 5.41) is 2.60. The number of benzene rings is 2. The summed E-state index contributed by atoms with van der Waals surface area (Å²) in [6.45, 7) is 4.09. The lowest BCUT2D eigenvalue weighted by Crippen LogP contribution is -2.43. The Bertz CT molecular complexity index is 718. The summed E-state index contributed by atoms with van der Waals surface area (Å²) in [6.07, 6.45) is 0.0427. The average molecular weight is 385 g/mol. The number of ether oxygens (including phenoxy) is 3. The molecule has 0 fully saturated rings. The van der Waals surface area contributed by atoms with E-state index >= 15 is 0 Å². The highest BCUT2D eigenvalue weighted by molar-refractivity contribution is 5.81. The molecule has 0 radical (unpaired) electrons. The van der Waals surface area contributed by atoms with E-state index in [-0.39, 0.29) is 12.7 Å². The maximum Gasteiger partial charge on any atom is 0.408 e. The molecule has 2 rings (SSSR count). The van der Waals surface area contributed by atoms with Crippen LogP contribution in [0.2, 0.25) is 0 Å². The Kier molecular flexibility index (Phi) is 8.85. The molecule has 1 N–H and O–H groups in total. The van der Waals surface area contributed by atoms with Gasteiger partial charge in [-0.05, 0) is 44.4 Å². The van der Waals surface area contributed by atoms with Crippen molar-refractivity contribution in [3.05, 3.63) is 66.2 Å². The number of esters is 1. The molecule has 0 bridgehead atoms. The highest BCUT2D eigenvalue weighted by Gasteiger charge is 2.23. The van der Waals surface area contributed by atoms with Gasteiger partial charge in [-0.2, -0.15) is 0 Å². The summed E-state index contributed by atoms with van der Waals surface area (Å²) in [5.74, 6) is 0.283. The number of alkyl carbamates (subject to hydrolysis) is 1. The average Bonchev–Trinajstić information content (AvgIpc) is 2.69. The van der Waals surface area contributed by atoms with Crippen LogP contribution in [-0.4, -0.2) is 30.8 Å². The molecule has 1 amide bonds. The van der Waals surface area contributed by atoms with E-state index in [1.165, 1.54) is 0 Å². The van der Waals surface area contributed by atoms with Crippen molar-refractivity contribution >= 4 is 12.1 Å². The van der Waals surface area contributed by atoms with Crippen LogP contribution in [0.25, 0.3) is 0 Å². The summed E-state index contributed by atoms with van der Waals surface area (Å²) in [4.78, 5) is 24.4. The fraction of sp³-hybridized carbons (Fsp3) is 0.364. The minimum atomic E-state index is -0.787. The number of hydrogen-bond donors (Lipinski definition) is 1. The van der Waals surface area contributed by atoms with E-state index in [2.05, 4.69) is 5.32 Å². The number of nitrogens with one attached hydrogen (secondary N) is 1. The zero-order chi connectivity index (χ0) is 20.2. The molecule has 6 heteroatoms. The Balaban J connectivity index is 1.81. The van der Waals surface area contributed by atoms with Crippen molar-refractivity contribution in [2.45, 2.75) is 45.4 Å². The molecule has 28 heavy (non-hydrogen) atoms. The summed E-state index contributed by atoms with van der Waals surface area (Å²) < 4.78 is 16.1. The molecule has 2 aromatic carbocycles. The zero-order valence-electron chi connectivity index (χ0n) is 16.3. The third-order valence-electron chi connectivity index (χ3n) is 3.79. The lowest BCUT2D eigenvalue weighted by molar-refractivity contribution is -0.150. The van der Waals surface area contributed by atoms with Crippen LogP contribution in [0.5, 0.6) is 5.75 Å². The highest BCUT2D eigenvalue weighted by atomic mass is 16.6. The van der Waals surface area contributed by atoms with Crippen LogP contribution in [-0.2, 0) is 20.9 Å². The van der Waals surface area contributed by atoms with E-state index in [0.29, 0.717) is 19.4 Å². The molecule has 0 saturated carbocycles. The Morgan fingerprint density at radius 1 is 0.964 bits per heavy atom. The molecule has 6 nitrogen and oxygen atoms in total. The summed E-state index contributed by atoms with van der Waals surface area (Å²) >= 11 is 0. The third kappa shape index (κ3) is 8.12. The first-order chi connectivity index (χ1) is 13.5. The number of amides is 1. The Labute approximate surface area is 165 Å². The number of hydrogen-bond acceptors (Lipinski definition) is 5. The van der Waals surface area contributed by atoms with E-state index in [1.807, 2.05) is 60.7 Å². The number of carbonyl (C=O) groups excluding carboxylic acids is 2. The summed E-state index contributed by atoms with van der Waals surface area (Å²) in [6, 6.07) is 18.0. The van der Waals surface area contributed by atoms with E-state index in [0.717, 1.165) is 11.3 Å². The minimum absolute atomic E-state index is 0.135. The molecule has 0 aromatic heterocycles. The van der Waals surface area contributed by atoms with Gasteiger partial charge in [0.15, 0.2) is 0 Å².